The molecule has 1 heterocycles. The maximum atomic E-state index is 12.7. The Kier molecular flexibility index (Phi) is 6.71. The number of hydrogen-bond donors (Lipinski definition) is 0. The van der Waals surface area contributed by atoms with Gasteiger partial charge in [-0.05, 0) is 56.6 Å². The molecule has 0 bridgehead atoms. The number of carbonyl (C=O) groups is 1. The van der Waals surface area contributed by atoms with E-state index < -0.39 is 0 Å². The number of rotatable bonds is 6. The summed E-state index contributed by atoms with van der Waals surface area (Å²) in [7, 11) is 1.93. The molecule has 1 aliphatic rings. The maximum Gasteiger partial charge on any atom is 0.253 e. The third kappa shape index (κ3) is 4.72. The van der Waals surface area contributed by atoms with Crippen molar-refractivity contribution in [3.8, 4) is 0 Å². The maximum absolute atomic E-state index is 12.7. The minimum Gasteiger partial charge on any atom is -0.337 e. The molecule has 3 nitrogen and oxygen atoms in total. The van der Waals surface area contributed by atoms with Gasteiger partial charge in [0.25, 0.3) is 5.91 Å². The number of piperidine rings is 1. The Hall–Kier alpha value is -1.06. The zero-order valence-electron chi connectivity index (χ0n) is 13.7. The van der Waals surface area contributed by atoms with E-state index in [1.165, 1.54) is 32.4 Å². The monoisotopic (exact) mass is 322 g/mol. The van der Waals surface area contributed by atoms with Crippen molar-refractivity contribution < 1.29 is 4.79 Å². The normalized spacial score (nSPS) is 17.2. The first-order valence-electron chi connectivity index (χ1n) is 8.37. The highest BCUT2D eigenvalue weighted by Crippen LogP contribution is 2.17. The fourth-order valence-electron chi connectivity index (χ4n) is 3.14. The van der Waals surface area contributed by atoms with Crippen molar-refractivity contribution in [2.24, 2.45) is 0 Å². The molecule has 122 valence electrons. The molecule has 4 heteroatoms. The summed E-state index contributed by atoms with van der Waals surface area (Å²) < 4.78 is 0. The second-order valence-electron chi connectivity index (χ2n) is 6.23. The molecule has 0 spiro atoms. The van der Waals surface area contributed by atoms with Crippen molar-refractivity contribution in [1.82, 2.24) is 9.80 Å². The molecule has 1 aromatic rings. The van der Waals surface area contributed by atoms with Crippen molar-refractivity contribution in [3.63, 3.8) is 0 Å². The van der Waals surface area contributed by atoms with E-state index >= 15 is 0 Å². The van der Waals surface area contributed by atoms with Crippen LogP contribution < -0.4 is 0 Å². The predicted octanol–water partition coefficient (Wildman–Crippen LogP) is 4.07. The summed E-state index contributed by atoms with van der Waals surface area (Å²) in [6.45, 7) is 5.51. The second kappa shape index (κ2) is 8.54. The largest absolute Gasteiger partial charge is 0.337 e. The number of likely N-dealkylation sites (N-methyl/N-ethyl adjacent to an activating group) is 1. The first kappa shape index (κ1) is 17.3. The Labute approximate surface area is 139 Å². The number of amides is 1. The van der Waals surface area contributed by atoms with Crippen LogP contribution in [-0.2, 0) is 0 Å². The van der Waals surface area contributed by atoms with Gasteiger partial charge in [-0.2, -0.15) is 0 Å². The highest BCUT2D eigenvalue weighted by atomic mass is 35.5. The van der Waals surface area contributed by atoms with Crippen LogP contribution >= 0.6 is 11.6 Å². The molecule has 2 rings (SSSR count). The zero-order chi connectivity index (χ0) is 15.9. The van der Waals surface area contributed by atoms with Crippen molar-refractivity contribution in [2.75, 3.05) is 26.7 Å². The van der Waals surface area contributed by atoms with E-state index in [-0.39, 0.29) is 11.9 Å². The summed E-state index contributed by atoms with van der Waals surface area (Å²) in [6, 6.07) is 7.46. The lowest BCUT2D eigenvalue weighted by Crippen LogP contribution is -2.46. The average Bonchev–Trinajstić information content (AvgIpc) is 2.55. The van der Waals surface area contributed by atoms with Crippen LogP contribution in [0.1, 0.15) is 49.4 Å². The van der Waals surface area contributed by atoms with Crippen molar-refractivity contribution >= 4 is 17.5 Å². The van der Waals surface area contributed by atoms with E-state index in [0.29, 0.717) is 10.6 Å². The van der Waals surface area contributed by atoms with Crippen LogP contribution in [0.15, 0.2) is 24.3 Å². The Morgan fingerprint density at radius 3 is 2.45 bits per heavy atom. The van der Waals surface area contributed by atoms with Crippen LogP contribution in [-0.4, -0.2) is 48.4 Å². The van der Waals surface area contributed by atoms with Gasteiger partial charge in [0.05, 0.1) is 0 Å². The van der Waals surface area contributed by atoms with Gasteiger partial charge >= 0.3 is 0 Å². The Morgan fingerprint density at radius 2 is 1.86 bits per heavy atom. The quantitative estimate of drug-likeness (QED) is 0.788. The third-order valence-corrected chi connectivity index (χ3v) is 4.75. The fourth-order valence-corrected chi connectivity index (χ4v) is 3.27. The molecule has 1 amide bonds. The standard InChI is InChI=1S/C18H27ClN2O/c1-3-7-17(14-21-12-5-4-6-13-21)20(2)18(22)15-8-10-16(19)11-9-15/h8-11,17H,3-7,12-14H2,1-2H3/t17-/m0/s1. The number of hydrogen-bond acceptors (Lipinski definition) is 2. The van der Waals surface area contributed by atoms with E-state index in [9.17, 15) is 4.79 Å². The van der Waals surface area contributed by atoms with Gasteiger partial charge in [0.1, 0.15) is 0 Å². The van der Waals surface area contributed by atoms with Gasteiger partial charge in [-0.25, -0.2) is 0 Å². The van der Waals surface area contributed by atoms with Crippen LogP contribution in [0.2, 0.25) is 5.02 Å². The average molecular weight is 323 g/mol. The summed E-state index contributed by atoms with van der Waals surface area (Å²) in [5, 5.41) is 0.664. The lowest BCUT2D eigenvalue weighted by molar-refractivity contribution is 0.0664. The second-order valence-corrected chi connectivity index (χ2v) is 6.66. The first-order chi connectivity index (χ1) is 10.6. The van der Waals surface area contributed by atoms with Gasteiger partial charge in [-0.1, -0.05) is 31.4 Å². The van der Waals surface area contributed by atoms with Crippen LogP contribution in [0.25, 0.3) is 0 Å². The highest BCUT2D eigenvalue weighted by Gasteiger charge is 2.23. The molecule has 0 N–H and O–H groups in total. The molecule has 1 aromatic carbocycles. The smallest absolute Gasteiger partial charge is 0.253 e. The fraction of sp³-hybridized carbons (Fsp3) is 0.611. The lowest BCUT2D eigenvalue weighted by atomic mass is 10.1. The number of nitrogens with zero attached hydrogens (tertiary/aromatic N) is 2. The Balaban J connectivity index is 2.02. The Bertz CT molecular complexity index is 468. The third-order valence-electron chi connectivity index (χ3n) is 4.50. The van der Waals surface area contributed by atoms with E-state index in [0.717, 1.165) is 19.4 Å². The number of carbonyl (C=O) groups excluding carboxylic acids is 1. The zero-order valence-corrected chi connectivity index (χ0v) is 14.5. The SMILES string of the molecule is CCC[C@@H](CN1CCCCC1)N(C)C(=O)c1ccc(Cl)cc1. The molecule has 1 atom stereocenters. The van der Waals surface area contributed by atoms with Crippen molar-refractivity contribution in [1.29, 1.82) is 0 Å². The molecule has 1 fully saturated rings. The van der Waals surface area contributed by atoms with E-state index in [1.807, 2.05) is 24.1 Å². The summed E-state index contributed by atoms with van der Waals surface area (Å²) in [5.74, 6) is 0.0899. The van der Waals surface area contributed by atoms with Crippen LogP contribution in [0.4, 0.5) is 0 Å². The molecule has 1 aliphatic heterocycles. The summed E-state index contributed by atoms with van der Waals surface area (Å²) >= 11 is 5.91. The molecule has 0 aliphatic carbocycles. The van der Waals surface area contributed by atoms with E-state index in [4.69, 9.17) is 11.6 Å². The van der Waals surface area contributed by atoms with Crippen LogP contribution in [0.5, 0.6) is 0 Å². The summed E-state index contributed by atoms with van der Waals surface area (Å²) in [4.78, 5) is 17.1. The van der Waals surface area contributed by atoms with E-state index in [1.54, 1.807) is 12.1 Å². The van der Waals surface area contributed by atoms with Crippen LogP contribution in [0, 0.1) is 0 Å². The van der Waals surface area contributed by atoms with Gasteiger partial charge in [-0.3, -0.25) is 4.79 Å². The van der Waals surface area contributed by atoms with E-state index in [2.05, 4.69) is 11.8 Å². The topological polar surface area (TPSA) is 23.6 Å². The molecular formula is C18H27ClN2O. The van der Waals surface area contributed by atoms with Gasteiger partial charge in [0.15, 0.2) is 0 Å². The minimum absolute atomic E-state index is 0.0899. The highest BCUT2D eigenvalue weighted by molar-refractivity contribution is 6.30. The predicted molar refractivity (Wildman–Crippen MR) is 92.5 cm³/mol. The lowest BCUT2D eigenvalue weighted by Gasteiger charge is -2.35. The van der Waals surface area contributed by atoms with Gasteiger partial charge < -0.3 is 9.80 Å². The molecule has 0 saturated carbocycles. The summed E-state index contributed by atoms with van der Waals surface area (Å²) in [6.07, 6.45) is 6.05. The molecule has 22 heavy (non-hydrogen) atoms. The van der Waals surface area contributed by atoms with Gasteiger partial charge in [-0.15, -0.1) is 0 Å². The molecule has 1 saturated heterocycles. The summed E-state index contributed by atoms with van der Waals surface area (Å²) in [5.41, 5.74) is 0.714. The Morgan fingerprint density at radius 1 is 1.23 bits per heavy atom. The van der Waals surface area contributed by atoms with Crippen LogP contribution in [0.3, 0.4) is 0 Å². The van der Waals surface area contributed by atoms with Crippen molar-refractivity contribution in [2.45, 2.75) is 45.1 Å². The minimum atomic E-state index is 0.0899. The first-order valence-corrected chi connectivity index (χ1v) is 8.74. The number of likely N-dealkylation sites (tertiary alicyclic amines) is 1. The molecular weight excluding hydrogens is 296 g/mol. The van der Waals surface area contributed by atoms with Gasteiger partial charge in [0, 0.05) is 30.2 Å². The molecule has 0 aromatic heterocycles. The molecule has 0 unspecified atom stereocenters. The van der Waals surface area contributed by atoms with Crippen molar-refractivity contribution in [3.05, 3.63) is 34.9 Å². The number of benzene rings is 1. The van der Waals surface area contributed by atoms with Gasteiger partial charge in [0.2, 0.25) is 0 Å². The number of halogens is 1. The molecule has 0 radical (unpaired) electrons.